The van der Waals surface area contributed by atoms with Crippen molar-refractivity contribution in [3.63, 3.8) is 0 Å². The van der Waals surface area contributed by atoms with Crippen LogP contribution in [0.2, 0.25) is 0 Å². The number of amides is 1. The Hall–Kier alpha value is 0.0900. The number of aliphatic hydroxyl groups excluding tert-OH is 1. The van der Waals surface area contributed by atoms with Crippen LogP contribution in [0.1, 0.15) is 36.0 Å². The molecule has 1 heterocycles. The normalized spacial score (nSPS) is 24.6. The van der Waals surface area contributed by atoms with Crippen molar-refractivity contribution in [3.05, 3.63) is 19.2 Å². The van der Waals surface area contributed by atoms with E-state index in [1.807, 2.05) is 6.07 Å². The van der Waals surface area contributed by atoms with Gasteiger partial charge in [-0.1, -0.05) is 0 Å². The van der Waals surface area contributed by atoms with Gasteiger partial charge in [0.15, 0.2) is 0 Å². The first-order chi connectivity index (χ1) is 8.06. The van der Waals surface area contributed by atoms with Crippen molar-refractivity contribution in [1.82, 2.24) is 5.32 Å². The lowest BCUT2D eigenvalue weighted by Gasteiger charge is -2.26. The number of nitrogens with one attached hydrogen (secondary N) is 1. The monoisotopic (exact) mass is 381 g/mol. The molecule has 0 spiro atoms. The van der Waals surface area contributed by atoms with Crippen molar-refractivity contribution >= 4 is 49.1 Å². The predicted octanol–water partition coefficient (Wildman–Crippen LogP) is 3.31. The molecule has 1 aromatic rings. The van der Waals surface area contributed by atoms with Crippen LogP contribution in [0.15, 0.2) is 13.6 Å². The summed E-state index contributed by atoms with van der Waals surface area (Å²) >= 11 is 8.23. The van der Waals surface area contributed by atoms with Crippen molar-refractivity contribution in [3.8, 4) is 0 Å². The van der Waals surface area contributed by atoms with E-state index in [4.69, 9.17) is 0 Å². The molecule has 1 fully saturated rings. The number of carbonyl (C=O) groups is 1. The van der Waals surface area contributed by atoms with E-state index in [-0.39, 0.29) is 18.1 Å². The molecule has 0 saturated heterocycles. The lowest BCUT2D eigenvalue weighted by molar-refractivity contribution is 0.0867. The first-order valence-electron chi connectivity index (χ1n) is 5.50. The highest BCUT2D eigenvalue weighted by Crippen LogP contribution is 2.32. The van der Waals surface area contributed by atoms with Crippen LogP contribution in [0.5, 0.6) is 0 Å². The van der Waals surface area contributed by atoms with E-state index >= 15 is 0 Å². The lowest BCUT2D eigenvalue weighted by Crippen LogP contribution is -2.38. The first kappa shape index (κ1) is 13.5. The molecule has 1 aliphatic carbocycles. The second-order valence-electron chi connectivity index (χ2n) is 4.22. The second kappa shape index (κ2) is 5.82. The summed E-state index contributed by atoms with van der Waals surface area (Å²) in [7, 11) is 0. The molecule has 2 rings (SSSR count). The van der Waals surface area contributed by atoms with Gasteiger partial charge in [0.25, 0.3) is 5.91 Å². The van der Waals surface area contributed by atoms with Gasteiger partial charge in [-0.15, -0.1) is 11.3 Å². The molecule has 1 amide bonds. The lowest BCUT2D eigenvalue weighted by atomic mass is 9.93. The zero-order chi connectivity index (χ0) is 12.4. The molecule has 0 unspecified atom stereocenters. The van der Waals surface area contributed by atoms with Crippen LogP contribution in [0, 0.1) is 0 Å². The third-order valence-electron chi connectivity index (χ3n) is 2.93. The predicted molar refractivity (Wildman–Crippen MR) is 75.4 cm³/mol. The van der Waals surface area contributed by atoms with Gasteiger partial charge in [0.05, 0.1) is 19.2 Å². The molecule has 17 heavy (non-hydrogen) atoms. The van der Waals surface area contributed by atoms with E-state index in [2.05, 4.69) is 37.2 Å². The van der Waals surface area contributed by atoms with Gasteiger partial charge in [0.2, 0.25) is 0 Å². The summed E-state index contributed by atoms with van der Waals surface area (Å²) in [6.45, 7) is 0. The van der Waals surface area contributed by atoms with E-state index in [0.717, 1.165) is 33.3 Å². The fraction of sp³-hybridized carbons (Fsp3) is 0.545. The average molecular weight is 383 g/mol. The Labute approximate surface area is 121 Å². The Kier molecular flexibility index (Phi) is 4.63. The SMILES string of the molecule is O=C(NC1CCC(O)CC1)c1cc(Br)sc1Br. The summed E-state index contributed by atoms with van der Waals surface area (Å²) in [5.74, 6) is -0.0415. The first-order valence-corrected chi connectivity index (χ1v) is 7.90. The fourth-order valence-corrected chi connectivity index (χ4v) is 4.77. The summed E-state index contributed by atoms with van der Waals surface area (Å²) in [4.78, 5) is 12.0. The topological polar surface area (TPSA) is 49.3 Å². The van der Waals surface area contributed by atoms with Crippen LogP contribution < -0.4 is 5.32 Å². The summed E-state index contributed by atoms with van der Waals surface area (Å²) < 4.78 is 1.78. The van der Waals surface area contributed by atoms with Crippen molar-refractivity contribution in [2.75, 3.05) is 0 Å². The third-order valence-corrected chi connectivity index (χ3v) is 5.27. The van der Waals surface area contributed by atoms with Gasteiger partial charge in [-0.05, 0) is 63.6 Å². The quantitative estimate of drug-likeness (QED) is 0.824. The van der Waals surface area contributed by atoms with E-state index in [0.29, 0.717) is 5.56 Å². The van der Waals surface area contributed by atoms with E-state index in [1.165, 1.54) is 11.3 Å². The molecule has 1 aliphatic rings. The van der Waals surface area contributed by atoms with Crippen molar-refractivity contribution < 1.29 is 9.90 Å². The van der Waals surface area contributed by atoms with Crippen LogP contribution in [-0.2, 0) is 0 Å². The molecule has 1 saturated carbocycles. The average Bonchev–Trinajstić information content (AvgIpc) is 2.61. The molecular weight excluding hydrogens is 370 g/mol. The molecule has 0 aliphatic heterocycles. The molecular formula is C11H13Br2NO2S. The molecule has 1 aromatic heterocycles. The number of carbonyl (C=O) groups excluding carboxylic acids is 1. The summed E-state index contributed by atoms with van der Waals surface area (Å²) in [5.41, 5.74) is 0.674. The number of rotatable bonds is 2. The van der Waals surface area contributed by atoms with Crippen LogP contribution in [0.4, 0.5) is 0 Å². The minimum absolute atomic E-state index is 0.0415. The Morgan fingerprint density at radius 1 is 1.35 bits per heavy atom. The summed E-state index contributed by atoms with van der Waals surface area (Å²) in [6.07, 6.45) is 3.08. The largest absolute Gasteiger partial charge is 0.393 e. The Bertz CT molecular complexity index is 414. The van der Waals surface area contributed by atoms with Crippen LogP contribution in [0.25, 0.3) is 0 Å². The van der Waals surface area contributed by atoms with Crippen LogP contribution in [0.3, 0.4) is 0 Å². The molecule has 3 nitrogen and oxygen atoms in total. The Morgan fingerprint density at radius 3 is 2.53 bits per heavy atom. The molecule has 6 heteroatoms. The highest BCUT2D eigenvalue weighted by molar-refractivity contribution is 9.12. The molecule has 0 atom stereocenters. The Balaban J connectivity index is 1.95. The van der Waals surface area contributed by atoms with Crippen LogP contribution in [-0.4, -0.2) is 23.2 Å². The minimum atomic E-state index is -0.190. The van der Waals surface area contributed by atoms with Gasteiger partial charge in [-0.25, -0.2) is 0 Å². The standard InChI is InChI=1S/C11H13Br2NO2S/c12-9-5-8(10(13)17-9)11(16)14-6-1-3-7(15)4-2-6/h5-7,15H,1-4H2,(H,14,16). The third kappa shape index (κ3) is 3.53. The number of hydrogen-bond acceptors (Lipinski definition) is 3. The van der Waals surface area contributed by atoms with Crippen molar-refractivity contribution in [1.29, 1.82) is 0 Å². The number of aliphatic hydroxyl groups is 1. The van der Waals surface area contributed by atoms with Gasteiger partial charge in [-0.2, -0.15) is 0 Å². The highest BCUT2D eigenvalue weighted by Gasteiger charge is 2.22. The van der Waals surface area contributed by atoms with E-state index in [9.17, 15) is 9.90 Å². The van der Waals surface area contributed by atoms with Crippen LogP contribution >= 0.6 is 43.2 Å². The Morgan fingerprint density at radius 2 is 2.00 bits per heavy atom. The molecule has 0 bridgehead atoms. The summed E-state index contributed by atoms with van der Waals surface area (Å²) in [6, 6.07) is 2.01. The molecule has 94 valence electrons. The highest BCUT2D eigenvalue weighted by atomic mass is 79.9. The van der Waals surface area contributed by atoms with Crippen molar-refractivity contribution in [2.24, 2.45) is 0 Å². The number of thiophene rings is 1. The molecule has 2 N–H and O–H groups in total. The van der Waals surface area contributed by atoms with E-state index in [1.54, 1.807) is 0 Å². The van der Waals surface area contributed by atoms with Gasteiger partial charge < -0.3 is 10.4 Å². The minimum Gasteiger partial charge on any atom is -0.393 e. The number of hydrogen-bond donors (Lipinski definition) is 2. The zero-order valence-electron chi connectivity index (χ0n) is 9.08. The zero-order valence-corrected chi connectivity index (χ0v) is 13.1. The fourth-order valence-electron chi connectivity index (χ4n) is 1.98. The van der Waals surface area contributed by atoms with Gasteiger partial charge in [0.1, 0.15) is 0 Å². The van der Waals surface area contributed by atoms with Crippen molar-refractivity contribution in [2.45, 2.75) is 37.8 Å². The molecule has 0 aromatic carbocycles. The van der Waals surface area contributed by atoms with Gasteiger partial charge in [0, 0.05) is 6.04 Å². The maximum atomic E-state index is 12.0. The van der Waals surface area contributed by atoms with E-state index < -0.39 is 0 Å². The van der Waals surface area contributed by atoms with Gasteiger partial charge >= 0.3 is 0 Å². The number of halogens is 2. The van der Waals surface area contributed by atoms with Gasteiger partial charge in [-0.3, -0.25) is 4.79 Å². The maximum absolute atomic E-state index is 12.0. The molecule has 0 radical (unpaired) electrons. The second-order valence-corrected chi connectivity index (χ2v) is 7.97. The maximum Gasteiger partial charge on any atom is 0.253 e. The smallest absolute Gasteiger partial charge is 0.253 e. The summed E-state index contributed by atoms with van der Waals surface area (Å²) in [5, 5.41) is 12.4.